The smallest absolute Gasteiger partial charge is 0.261 e. The molecule has 1 atom stereocenters. The summed E-state index contributed by atoms with van der Waals surface area (Å²) >= 11 is 0. The third-order valence-electron chi connectivity index (χ3n) is 6.23. The van der Waals surface area contributed by atoms with E-state index in [-0.39, 0.29) is 11.8 Å². The number of carbonyl (C=O) groups excluding carboxylic acids is 2. The van der Waals surface area contributed by atoms with Crippen molar-refractivity contribution in [3.63, 3.8) is 0 Å². The van der Waals surface area contributed by atoms with Gasteiger partial charge < -0.3 is 9.88 Å². The number of nitrogens with zero attached hydrogens (tertiary/aromatic N) is 4. The lowest BCUT2D eigenvalue weighted by Crippen LogP contribution is -2.40. The predicted molar refractivity (Wildman–Crippen MR) is 128 cm³/mol. The van der Waals surface area contributed by atoms with Gasteiger partial charge in [-0.25, -0.2) is 4.98 Å². The first-order valence-corrected chi connectivity index (χ1v) is 11.2. The second-order valence-electron chi connectivity index (χ2n) is 8.37. The van der Waals surface area contributed by atoms with Gasteiger partial charge in [0.05, 0.1) is 29.7 Å². The minimum atomic E-state index is -0.419. The Labute approximate surface area is 197 Å². The molecule has 0 saturated carbocycles. The Balaban J connectivity index is 1.24. The molecule has 0 bridgehead atoms. The van der Waals surface area contributed by atoms with Crippen molar-refractivity contribution >= 4 is 22.6 Å². The number of imide groups is 1. The van der Waals surface area contributed by atoms with Crippen LogP contribution in [0.3, 0.4) is 0 Å². The third kappa shape index (κ3) is 4.19. The van der Waals surface area contributed by atoms with Gasteiger partial charge in [0.15, 0.2) is 0 Å². The van der Waals surface area contributed by atoms with Crippen LogP contribution in [0, 0.1) is 11.3 Å². The molecule has 1 N–H and O–H groups in total. The van der Waals surface area contributed by atoms with E-state index >= 15 is 0 Å². The Bertz CT molecular complexity index is 1400. The van der Waals surface area contributed by atoms with E-state index < -0.39 is 6.04 Å². The molecule has 7 heteroatoms. The fourth-order valence-electron chi connectivity index (χ4n) is 4.38. The molecule has 0 unspecified atom stereocenters. The summed E-state index contributed by atoms with van der Waals surface area (Å²) in [5.74, 6) is -0.451. The molecule has 0 radical (unpaired) electrons. The van der Waals surface area contributed by atoms with Gasteiger partial charge in [-0.2, -0.15) is 5.26 Å². The second kappa shape index (κ2) is 9.30. The number of fused-ring (bicyclic) bond motifs is 1. The van der Waals surface area contributed by atoms with Crippen LogP contribution in [-0.4, -0.2) is 38.9 Å². The first kappa shape index (κ1) is 21.6. The number of nitriles is 1. The van der Waals surface area contributed by atoms with Crippen LogP contribution >= 0.6 is 0 Å². The number of aromatic nitrogens is 2. The molecule has 3 aromatic carbocycles. The Morgan fingerprint density at radius 3 is 2.71 bits per heavy atom. The summed E-state index contributed by atoms with van der Waals surface area (Å²) in [5, 5.41) is 14.1. The first-order chi connectivity index (χ1) is 16.6. The maximum Gasteiger partial charge on any atom is 0.261 e. The van der Waals surface area contributed by atoms with Crippen LogP contribution < -0.4 is 5.32 Å². The van der Waals surface area contributed by atoms with E-state index in [2.05, 4.69) is 16.4 Å². The van der Waals surface area contributed by atoms with Crippen LogP contribution in [0.2, 0.25) is 0 Å². The summed E-state index contributed by atoms with van der Waals surface area (Å²) in [6.45, 7) is 1.47. The molecule has 34 heavy (non-hydrogen) atoms. The number of carbonyl (C=O) groups is 2. The topological polar surface area (TPSA) is 91.0 Å². The molecule has 0 spiro atoms. The molecule has 4 aromatic rings. The number of rotatable bonds is 6. The molecule has 0 aliphatic carbocycles. The molecule has 5 rings (SSSR count). The molecule has 7 nitrogen and oxygen atoms in total. The zero-order valence-corrected chi connectivity index (χ0v) is 18.5. The second-order valence-corrected chi connectivity index (χ2v) is 8.37. The summed E-state index contributed by atoms with van der Waals surface area (Å²) in [6.07, 6.45) is 4.09. The van der Waals surface area contributed by atoms with E-state index in [1.54, 1.807) is 30.7 Å². The van der Waals surface area contributed by atoms with Gasteiger partial charge in [-0.3, -0.25) is 14.5 Å². The van der Waals surface area contributed by atoms with Crippen molar-refractivity contribution in [1.29, 1.82) is 5.26 Å². The highest BCUT2D eigenvalue weighted by molar-refractivity contribution is 6.13. The van der Waals surface area contributed by atoms with Crippen LogP contribution in [0.5, 0.6) is 0 Å². The molecule has 2 heterocycles. The van der Waals surface area contributed by atoms with Crippen molar-refractivity contribution in [2.75, 3.05) is 6.54 Å². The van der Waals surface area contributed by atoms with E-state index in [9.17, 15) is 9.59 Å². The van der Waals surface area contributed by atoms with E-state index in [0.717, 1.165) is 22.0 Å². The van der Waals surface area contributed by atoms with Crippen LogP contribution in [0.15, 0.2) is 79.3 Å². The van der Waals surface area contributed by atoms with Crippen molar-refractivity contribution in [2.45, 2.75) is 25.6 Å². The summed E-state index contributed by atoms with van der Waals surface area (Å²) in [6, 6.07) is 22.4. The van der Waals surface area contributed by atoms with Gasteiger partial charge in [0.1, 0.15) is 0 Å². The average Bonchev–Trinajstić information content (AvgIpc) is 3.48. The SMILES string of the molecule is N#Cc1ccc(Cn2cncc2CN[C@@H]2CCN(C(=O)c3cccc4ccccc34)C2=O)cc1. The van der Waals surface area contributed by atoms with Gasteiger partial charge >= 0.3 is 0 Å². The summed E-state index contributed by atoms with van der Waals surface area (Å²) in [7, 11) is 0. The number of benzene rings is 3. The van der Waals surface area contributed by atoms with Crippen LogP contribution in [-0.2, 0) is 17.9 Å². The number of hydrogen-bond acceptors (Lipinski definition) is 5. The van der Waals surface area contributed by atoms with Gasteiger partial charge in [0.25, 0.3) is 5.91 Å². The van der Waals surface area contributed by atoms with Gasteiger partial charge in [-0.15, -0.1) is 0 Å². The minimum absolute atomic E-state index is 0.198. The highest BCUT2D eigenvalue weighted by atomic mass is 16.2. The monoisotopic (exact) mass is 449 g/mol. The molecular weight excluding hydrogens is 426 g/mol. The maximum absolute atomic E-state index is 13.2. The lowest BCUT2D eigenvalue weighted by atomic mass is 10.0. The van der Waals surface area contributed by atoms with Gasteiger partial charge in [0, 0.05) is 31.4 Å². The van der Waals surface area contributed by atoms with Crippen molar-refractivity contribution in [3.8, 4) is 6.07 Å². The molecule has 2 amide bonds. The predicted octanol–water partition coefficient (Wildman–Crippen LogP) is 3.49. The standard InChI is InChI=1S/C27H23N5O2/c28-14-19-8-10-20(11-9-19)17-31-18-29-15-22(31)16-30-25-12-13-32(27(25)34)26(33)24-7-3-5-21-4-1-2-6-23(21)24/h1-11,15,18,25,30H,12-13,16-17H2/t25-/m1/s1. The van der Waals surface area contributed by atoms with Crippen molar-refractivity contribution in [2.24, 2.45) is 0 Å². The van der Waals surface area contributed by atoms with Crippen LogP contribution in [0.1, 0.15) is 33.6 Å². The zero-order chi connectivity index (χ0) is 23.5. The van der Waals surface area contributed by atoms with E-state index in [1.165, 1.54) is 4.90 Å². The lowest BCUT2D eigenvalue weighted by Gasteiger charge is -2.17. The van der Waals surface area contributed by atoms with Gasteiger partial charge in [-0.05, 0) is 41.0 Å². The van der Waals surface area contributed by atoms with E-state index in [1.807, 2.05) is 53.1 Å². The number of amides is 2. The maximum atomic E-state index is 13.2. The van der Waals surface area contributed by atoms with Crippen LogP contribution in [0.4, 0.5) is 0 Å². The van der Waals surface area contributed by atoms with Gasteiger partial charge in [-0.1, -0.05) is 48.5 Å². The molecule has 168 valence electrons. The molecule has 1 saturated heterocycles. The zero-order valence-electron chi connectivity index (χ0n) is 18.5. The summed E-state index contributed by atoms with van der Waals surface area (Å²) < 4.78 is 2.01. The molecule has 1 fully saturated rings. The number of likely N-dealkylation sites (tertiary alicyclic amines) is 1. The van der Waals surface area contributed by atoms with Crippen LogP contribution in [0.25, 0.3) is 10.8 Å². The van der Waals surface area contributed by atoms with Crippen molar-refractivity contribution in [1.82, 2.24) is 19.8 Å². The summed E-state index contributed by atoms with van der Waals surface area (Å²) in [5.41, 5.74) is 3.17. The minimum Gasteiger partial charge on any atom is -0.329 e. The van der Waals surface area contributed by atoms with E-state index in [4.69, 9.17) is 5.26 Å². The molecule has 1 aliphatic rings. The fraction of sp³-hybridized carbons (Fsp3) is 0.185. The highest BCUT2D eigenvalue weighted by Crippen LogP contribution is 2.23. The third-order valence-corrected chi connectivity index (χ3v) is 6.23. The number of hydrogen-bond donors (Lipinski definition) is 1. The van der Waals surface area contributed by atoms with Crippen molar-refractivity contribution in [3.05, 3.63) is 102 Å². The molecule has 1 aromatic heterocycles. The number of nitrogens with one attached hydrogen (secondary N) is 1. The normalized spacial score (nSPS) is 15.6. The number of imidazole rings is 1. The largest absolute Gasteiger partial charge is 0.329 e. The Morgan fingerprint density at radius 2 is 1.88 bits per heavy atom. The Kier molecular flexibility index (Phi) is 5.90. The molecular formula is C27H23N5O2. The Hall–Kier alpha value is -4.28. The van der Waals surface area contributed by atoms with Gasteiger partial charge in [0.2, 0.25) is 5.91 Å². The van der Waals surface area contributed by atoms with Crippen molar-refractivity contribution < 1.29 is 9.59 Å². The average molecular weight is 450 g/mol. The first-order valence-electron chi connectivity index (χ1n) is 11.2. The summed E-state index contributed by atoms with van der Waals surface area (Å²) in [4.78, 5) is 31.8. The highest BCUT2D eigenvalue weighted by Gasteiger charge is 2.36. The molecule has 1 aliphatic heterocycles. The lowest BCUT2D eigenvalue weighted by molar-refractivity contribution is -0.127. The fourth-order valence-corrected chi connectivity index (χ4v) is 4.38. The Morgan fingerprint density at radius 1 is 1.09 bits per heavy atom. The van der Waals surface area contributed by atoms with E-state index in [0.29, 0.717) is 37.2 Å². The quantitative estimate of drug-likeness (QED) is 0.455.